The number of aryl methyl sites for hydroxylation is 1. The second-order valence-corrected chi connectivity index (χ2v) is 5.32. The van der Waals surface area contributed by atoms with E-state index in [1.807, 2.05) is 13.1 Å². The number of fused-ring (bicyclic) bond motifs is 1. The van der Waals surface area contributed by atoms with Gasteiger partial charge in [-0.25, -0.2) is 0 Å². The van der Waals surface area contributed by atoms with Gasteiger partial charge in [-0.05, 0) is 62.3 Å². The molecule has 0 aromatic carbocycles. The van der Waals surface area contributed by atoms with Crippen molar-refractivity contribution in [2.45, 2.75) is 38.6 Å². The third-order valence-corrected chi connectivity index (χ3v) is 4.12. The molecule has 2 aliphatic rings. The van der Waals surface area contributed by atoms with Gasteiger partial charge in [-0.15, -0.1) is 0 Å². The number of nitrogens with one attached hydrogen (secondary N) is 1. The average molecular weight is 228 g/mol. The molecular weight excluding hydrogens is 208 g/mol. The van der Waals surface area contributed by atoms with Crippen LogP contribution in [-0.4, -0.2) is 17.6 Å². The molecule has 2 nitrogen and oxygen atoms in total. The minimum Gasteiger partial charge on any atom is -0.313 e. The summed E-state index contributed by atoms with van der Waals surface area (Å²) in [7, 11) is 0. The maximum Gasteiger partial charge on any atom is 0.0373 e. The summed E-state index contributed by atoms with van der Waals surface area (Å²) in [6.07, 6.45) is 9.60. The molecule has 0 radical (unpaired) electrons. The maximum atomic E-state index is 4.40. The summed E-state index contributed by atoms with van der Waals surface area (Å²) in [5.41, 5.74) is 3.88. The van der Waals surface area contributed by atoms with Crippen LogP contribution >= 0.6 is 0 Å². The Morgan fingerprint density at radius 2 is 2.29 bits per heavy atom. The van der Waals surface area contributed by atoms with Crippen molar-refractivity contribution in [1.82, 2.24) is 10.3 Å². The van der Waals surface area contributed by atoms with Gasteiger partial charge >= 0.3 is 0 Å². The largest absolute Gasteiger partial charge is 0.313 e. The van der Waals surface area contributed by atoms with Crippen molar-refractivity contribution in [3.05, 3.63) is 35.7 Å². The zero-order chi connectivity index (χ0) is 11.7. The molecule has 1 aliphatic carbocycles. The van der Waals surface area contributed by atoms with E-state index < -0.39 is 0 Å². The van der Waals surface area contributed by atoms with Crippen molar-refractivity contribution >= 4 is 5.57 Å². The zero-order valence-corrected chi connectivity index (χ0v) is 10.4. The van der Waals surface area contributed by atoms with Crippen LogP contribution in [0.25, 0.3) is 5.57 Å². The molecule has 3 rings (SSSR count). The van der Waals surface area contributed by atoms with E-state index in [1.54, 1.807) is 0 Å². The lowest BCUT2D eigenvalue weighted by Gasteiger charge is -2.36. The van der Waals surface area contributed by atoms with E-state index in [9.17, 15) is 0 Å². The second kappa shape index (κ2) is 4.61. The molecule has 17 heavy (non-hydrogen) atoms. The van der Waals surface area contributed by atoms with Gasteiger partial charge in [0.05, 0.1) is 0 Å². The number of pyridine rings is 1. The Morgan fingerprint density at radius 3 is 3.12 bits per heavy atom. The molecule has 0 bridgehead atoms. The van der Waals surface area contributed by atoms with E-state index in [1.165, 1.54) is 43.4 Å². The predicted octanol–water partition coefficient (Wildman–Crippen LogP) is 2.94. The lowest BCUT2D eigenvalue weighted by Crippen LogP contribution is -2.42. The summed E-state index contributed by atoms with van der Waals surface area (Å²) >= 11 is 0. The van der Waals surface area contributed by atoms with E-state index in [0.717, 1.165) is 11.6 Å². The topological polar surface area (TPSA) is 24.9 Å². The van der Waals surface area contributed by atoms with Crippen LogP contribution in [0.15, 0.2) is 24.4 Å². The molecule has 1 saturated heterocycles. The van der Waals surface area contributed by atoms with Crippen LogP contribution in [0.1, 0.15) is 36.9 Å². The van der Waals surface area contributed by atoms with E-state index in [2.05, 4.69) is 28.5 Å². The molecule has 2 atom stereocenters. The minimum atomic E-state index is 0.699. The Labute approximate surface area is 103 Å². The van der Waals surface area contributed by atoms with Crippen molar-refractivity contribution in [3.63, 3.8) is 0 Å². The first-order valence-corrected chi connectivity index (χ1v) is 6.68. The van der Waals surface area contributed by atoms with Gasteiger partial charge in [-0.1, -0.05) is 12.1 Å². The monoisotopic (exact) mass is 228 g/mol. The molecule has 2 heterocycles. The zero-order valence-electron chi connectivity index (χ0n) is 10.4. The van der Waals surface area contributed by atoms with E-state index >= 15 is 0 Å². The quantitative estimate of drug-likeness (QED) is 0.799. The van der Waals surface area contributed by atoms with Gasteiger partial charge in [0.25, 0.3) is 0 Å². The fraction of sp³-hybridized carbons (Fsp3) is 0.533. The molecule has 0 saturated carbocycles. The lowest BCUT2D eigenvalue weighted by atomic mass is 9.78. The molecular formula is C15H20N2. The number of rotatable bonds is 1. The van der Waals surface area contributed by atoms with Crippen LogP contribution in [0.2, 0.25) is 0 Å². The molecule has 1 aromatic rings. The molecule has 90 valence electrons. The van der Waals surface area contributed by atoms with Gasteiger partial charge in [0.15, 0.2) is 0 Å². The minimum absolute atomic E-state index is 0.699. The van der Waals surface area contributed by atoms with E-state index in [-0.39, 0.29) is 0 Å². The molecule has 2 unspecified atom stereocenters. The molecule has 1 aliphatic heterocycles. The Balaban J connectivity index is 1.80. The molecule has 1 N–H and O–H groups in total. The number of hydrogen-bond acceptors (Lipinski definition) is 2. The van der Waals surface area contributed by atoms with Crippen molar-refractivity contribution in [2.24, 2.45) is 5.92 Å². The normalized spacial score (nSPS) is 28.4. The number of allylic oxidation sites excluding steroid dienone is 1. The van der Waals surface area contributed by atoms with Crippen LogP contribution in [0.3, 0.4) is 0 Å². The first-order valence-electron chi connectivity index (χ1n) is 6.68. The SMILES string of the molecule is Cc1ccc(C2=CCC3CCCNC3C2)cn1. The second-order valence-electron chi connectivity index (χ2n) is 5.32. The first-order chi connectivity index (χ1) is 8.33. The van der Waals surface area contributed by atoms with Gasteiger partial charge in [-0.3, -0.25) is 4.98 Å². The third kappa shape index (κ3) is 2.27. The Morgan fingerprint density at radius 1 is 1.35 bits per heavy atom. The predicted molar refractivity (Wildman–Crippen MR) is 70.7 cm³/mol. The van der Waals surface area contributed by atoms with Gasteiger partial charge in [0.2, 0.25) is 0 Å². The van der Waals surface area contributed by atoms with Crippen molar-refractivity contribution in [2.75, 3.05) is 6.54 Å². The van der Waals surface area contributed by atoms with Gasteiger partial charge in [-0.2, -0.15) is 0 Å². The summed E-state index contributed by atoms with van der Waals surface area (Å²) < 4.78 is 0. The van der Waals surface area contributed by atoms with Crippen LogP contribution < -0.4 is 5.32 Å². The van der Waals surface area contributed by atoms with Crippen LogP contribution in [0.4, 0.5) is 0 Å². The van der Waals surface area contributed by atoms with Crippen molar-refractivity contribution in [1.29, 1.82) is 0 Å². The molecule has 0 spiro atoms. The van der Waals surface area contributed by atoms with Gasteiger partial charge < -0.3 is 5.32 Å². The fourth-order valence-electron chi connectivity index (χ4n) is 3.05. The molecule has 2 heteroatoms. The Bertz CT molecular complexity index is 419. The van der Waals surface area contributed by atoms with E-state index in [4.69, 9.17) is 0 Å². The molecule has 0 amide bonds. The molecule has 1 fully saturated rings. The molecule has 1 aromatic heterocycles. The summed E-state index contributed by atoms with van der Waals surface area (Å²) in [6.45, 7) is 3.23. The fourth-order valence-corrected chi connectivity index (χ4v) is 3.05. The lowest BCUT2D eigenvalue weighted by molar-refractivity contribution is 0.278. The van der Waals surface area contributed by atoms with Gasteiger partial charge in [0.1, 0.15) is 0 Å². The smallest absolute Gasteiger partial charge is 0.0373 e. The number of hydrogen-bond donors (Lipinski definition) is 1. The number of piperidine rings is 1. The average Bonchev–Trinajstić information content (AvgIpc) is 2.39. The highest BCUT2D eigenvalue weighted by Crippen LogP contribution is 2.34. The van der Waals surface area contributed by atoms with Crippen molar-refractivity contribution < 1.29 is 0 Å². The Kier molecular flexibility index (Phi) is 2.98. The summed E-state index contributed by atoms with van der Waals surface area (Å²) in [6, 6.07) is 5.01. The Hall–Kier alpha value is -1.15. The highest BCUT2D eigenvalue weighted by Gasteiger charge is 2.28. The first kappa shape index (κ1) is 11.0. The maximum absolute atomic E-state index is 4.40. The van der Waals surface area contributed by atoms with E-state index in [0.29, 0.717) is 6.04 Å². The summed E-state index contributed by atoms with van der Waals surface area (Å²) in [5, 5.41) is 3.67. The third-order valence-electron chi connectivity index (χ3n) is 4.12. The number of nitrogens with zero attached hydrogens (tertiary/aromatic N) is 1. The van der Waals surface area contributed by atoms with Crippen LogP contribution in [-0.2, 0) is 0 Å². The highest BCUT2D eigenvalue weighted by molar-refractivity contribution is 5.66. The van der Waals surface area contributed by atoms with Gasteiger partial charge in [0, 0.05) is 17.9 Å². The number of aromatic nitrogens is 1. The summed E-state index contributed by atoms with van der Waals surface area (Å²) in [4.78, 5) is 4.40. The highest BCUT2D eigenvalue weighted by atomic mass is 14.9. The standard InChI is InChI=1S/C15H20N2/c1-11-4-5-14(10-17-11)13-7-6-12-3-2-8-16-15(12)9-13/h4-5,7,10,12,15-16H,2-3,6,8-9H2,1H3. The summed E-state index contributed by atoms with van der Waals surface area (Å²) in [5.74, 6) is 0.867. The van der Waals surface area contributed by atoms with Crippen LogP contribution in [0.5, 0.6) is 0 Å². The van der Waals surface area contributed by atoms with Crippen molar-refractivity contribution in [3.8, 4) is 0 Å². The van der Waals surface area contributed by atoms with Crippen LogP contribution in [0, 0.1) is 12.8 Å².